The van der Waals surface area contributed by atoms with E-state index in [1.807, 2.05) is 0 Å². The molecule has 4 heterocycles. The fourth-order valence-corrected chi connectivity index (χ4v) is 4.57. The Hall–Kier alpha value is -1.77. The van der Waals surface area contributed by atoms with Gasteiger partial charge in [-0.1, -0.05) is 0 Å². The van der Waals surface area contributed by atoms with Crippen molar-refractivity contribution in [2.45, 2.75) is 25.4 Å². The number of hydrogen-bond acceptors (Lipinski definition) is 6. The minimum Gasteiger partial charge on any atom is -0.392 e. The fraction of sp³-hybridized carbons (Fsp3) is 0.562. The van der Waals surface area contributed by atoms with E-state index in [0.29, 0.717) is 31.0 Å². The largest absolute Gasteiger partial charge is 0.392 e. The molecule has 2 aliphatic heterocycles. The van der Waals surface area contributed by atoms with Gasteiger partial charge in [0.15, 0.2) is 4.96 Å². The first-order chi connectivity index (χ1) is 11.6. The summed E-state index contributed by atoms with van der Waals surface area (Å²) in [5, 5.41) is 15.6. The minimum absolute atomic E-state index is 0.0983. The molecule has 0 unspecified atom stereocenters. The van der Waals surface area contributed by atoms with Crippen LogP contribution < -0.4 is 10.9 Å². The van der Waals surface area contributed by atoms with E-state index in [-0.39, 0.29) is 22.4 Å². The number of piperidine rings is 2. The van der Waals surface area contributed by atoms with Gasteiger partial charge in [-0.15, -0.1) is 11.3 Å². The van der Waals surface area contributed by atoms with Crippen LogP contribution in [0.2, 0.25) is 0 Å². The molecule has 0 aliphatic carbocycles. The van der Waals surface area contributed by atoms with Crippen LogP contribution in [0, 0.1) is 5.41 Å². The average Bonchev–Trinajstić information content (AvgIpc) is 3.07. The Morgan fingerprint density at radius 1 is 1.50 bits per heavy atom. The van der Waals surface area contributed by atoms with Gasteiger partial charge in [0.05, 0.1) is 6.10 Å². The maximum Gasteiger partial charge on any atom is 0.271 e. The van der Waals surface area contributed by atoms with Crippen molar-refractivity contribution in [1.29, 1.82) is 0 Å². The molecule has 0 aromatic carbocycles. The average molecular weight is 348 g/mol. The Labute approximate surface area is 142 Å². The molecule has 2 N–H and O–H groups in total. The summed E-state index contributed by atoms with van der Waals surface area (Å²) in [6.45, 7) is 2.60. The van der Waals surface area contributed by atoms with Crippen molar-refractivity contribution in [2.75, 3.05) is 26.2 Å². The van der Waals surface area contributed by atoms with Crippen LogP contribution >= 0.6 is 11.3 Å². The molecule has 24 heavy (non-hydrogen) atoms. The Bertz CT molecular complexity index is 828. The number of aliphatic hydroxyl groups is 1. The molecule has 128 valence electrons. The molecule has 0 saturated carbocycles. The topological polar surface area (TPSA) is 86.9 Å². The Kier molecular flexibility index (Phi) is 3.90. The first-order valence-corrected chi connectivity index (χ1v) is 9.12. The van der Waals surface area contributed by atoms with Gasteiger partial charge < -0.3 is 15.3 Å². The molecule has 2 saturated heterocycles. The summed E-state index contributed by atoms with van der Waals surface area (Å²) in [5.41, 5.74) is -0.531. The van der Waals surface area contributed by atoms with Crippen molar-refractivity contribution in [2.24, 2.45) is 5.41 Å². The summed E-state index contributed by atoms with van der Waals surface area (Å²) in [4.78, 5) is 31.9. The highest BCUT2D eigenvalue weighted by Gasteiger charge is 2.44. The van der Waals surface area contributed by atoms with Crippen LogP contribution in [-0.4, -0.2) is 57.6 Å². The molecule has 0 radical (unpaired) electrons. The molecule has 1 spiro atoms. The summed E-state index contributed by atoms with van der Waals surface area (Å²) < 4.78 is 1.41. The number of aromatic nitrogens is 2. The third-order valence-corrected chi connectivity index (χ3v) is 6.02. The van der Waals surface area contributed by atoms with Gasteiger partial charge in [-0.05, 0) is 25.8 Å². The lowest BCUT2D eigenvalue weighted by molar-refractivity contribution is -0.0433. The molecule has 2 aliphatic rings. The number of aliphatic hydroxyl groups excluding tert-OH is 1. The van der Waals surface area contributed by atoms with Gasteiger partial charge >= 0.3 is 0 Å². The van der Waals surface area contributed by atoms with Gasteiger partial charge in [-0.25, -0.2) is 4.98 Å². The standard InChI is InChI=1S/C16H20N4O3S/c21-12-2-4-17-9-16(12)3-1-5-19(10-16)13(22)11-8-18-15-20(14(11)23)6-7-24-15/h6-8,12,17,21H,1-5,9-10H2/t12-,16-/m0/s1. The maximum atomic E-state index is 12.9. The van der Waals surface area contributed by atoms with Crippen LogP contribution in [0.5, 0.6) is 0 Å². The number of nitrogens with zero attached hydrogens (tertiary/aromatic N) is 3. The number of hydrogen-bond donors (Lipinski definition) is 2. The van der Waals surface area contributed by atoms with E-state index in [9.17, 15) is 14.7 Å². The van der Waals surface area contributed by atoms with Crippen molar-refractivity contribution in [1.82, 2.24) is 19.6 Å². The third kappa shape index (κ3) is 2.45. The fourth-order valence-electron chi connectivity index (χ4n) is 3.89. The molecule has 0 bridgehead atoms. The summed E-state index contributed by atoms with van der Waals surface area (Å²) in [6, 6.07) is 0. The molecule has 1 amide bonds. The Balaban J connectivity index is 1.63. The van der Waals surface area contributed by atoms with Crippen LogP contribution in [-0.2, 0) is 0 Å². The van der Waals surface area contributed by atoms with Crippen LogP contribution in [0.15, 0.2) is 22.6 Å². The van der Waals surface area contributed by atoms with Crippen LogP contribution in [0.1, 0.15) is 29.6 Å². The zero-order valence-electron chi connectivity index (χ0n) is 13.3. The number of carbonyl (C=O) groups excluding carboxylic acids is 1. The van der Waals surface area contributed by atoms with Crippen molar-refractivity contribution < 1.29 is 9.90 Å². The predicted octanol–water partition coefficient (Wildman–Crippen LogP) is 0.333. The number of likely N-dealkylation sites (tertiary alicyclic amines) is 1. The van der Waals surface area contributed by atoms with Gasteiger partial charge in [0.2, 0.25) is 0 Å². The van der Waals surface area contributed by atoms with E-state index in [2.05, 4.69) is 10.3 Å². The van der Waals surface area contributed by atoms with E-state index in [1.54, 1.807) is 16.5 Å². The van der Waals surface area contributed by atoms with Gasteiger partial charge in [0, 0.05) is 42.8 Å². The summed E-state index contributed by atoms with van der Waals surface area (Å²) in [5.74, 6) is -0.287. The molecule has 2 atom stereocenters. The third-order valence-electron chi connectivity index (χ3n) is 5.25. The number of nitrogens with one attached hydrogen (secondary N) is 1. The molecule has 2 fully saturated rings. The first-order valence-electron chi connectivity index (χ1n) is 8.24. The number of fused-ring (bicyclic) bond motifs is 1. The molecule has 8 heteroatoms. The highest BCUT2D eigenvalue weighted by molar-refractivity contribution is 7.15. The number of rotatable bonds is 1. The van der Waals surface area contributed by atoms with Crippen LogP contribution in [0.25, 0.3) is 4.96 Å². The maximum absolute atomic E-state index is 12.9. The summed E-state index contributed by atoms with van der Waals surface area (Å²) >= 11 is 1.36. The lowest BCUT2D eigenvalue weighted by atomic mass is 9.72. The summed E-state index contributed by atoms with van der Waals surface area (Å²) in [6.07, 6.45) is 5.04. The van der Waals surface area contributed by atoms with Crippen molar-refractivity contribution >= 4 is 22.2 Å². The normalized spacial score (nSPS) is 27.7. The molecule has 7 nitrogen and oxygen atoms in total. The zero-order chi connectivity index (χ0) is 16.7. The first kappa shape index (κ1) is 15.7. The van der Waals surface area contributed by atoms with Crippen molar-refractivity contribution in [3.63, 3.8) is 0 Å². The van der Waals surface area contributed by atoms with Gasteiger partial charge in [0.25, 0.3) is 11.5 Å². The van der Waals surface area contributed by atoms with Gasteiger partial charge in [0.1, 0.15) is 5.56 Å². The predicted molar refractivity (Wildman–Crippen MR) is 90.4 cm³/mol. The minimum atomic E-state index is -0.409. The van der Waals surface area contributed by atoms with Gasteiger partial charge in [-0.2, -0.15) is 0 Å². The lowest BCUT2D eigenvalue weighted by Crippen LogP contribution is -2.59. The van der Waals surface area contributed by atoms with Crippen molar-refractivity contribution in [3.8, 4) is 0 Å². The van der Waals surface area contributed by atoms with Crippen molar-refractivity contribution in [3.05, 3.63) is 33.7 Å². The molecule has 4 rings (SSSR count). The van der Waals surface area contributed by atoms with Crippen LogP contribution in [0.3, 0.4) is 0 Å². The van der Waals surface area contributed by atoms with E-state index in [0.717, 1.165) is 19.4 Å². The van der Waals surface area contributed by atoms with E-state index < -0.39 is 6.10 Å². The molecule has 2 aromatic heterocycles. The van der Waals surface area contributed by atoms with E-state index >= 15 is 0 Å². The SMILES string of the molecule is O=C(c1cnc2sccn2c1=O)N1CCC[C@]2(CNCC[C@@H]2O)C1. The monoisotopic (exact) mass is 348 g/mol. The molecular formula is C16H20N4O3S. The second kappa shape index (κ2) is 5.94. The number of amides is 1. The molecular weight excluding hydrogens is 328 g/mol. The Morgan fingerprint density at radius 3 is 3.21 bits per heavy atom. The molecule has 2 aromatic rings. The van der Waals surface area contributed by atoms with Crippen LogP contribution in [0.4, 0.5) is 0 Å². The second-order valence-corrected chi connectivity index (χ2v) is 7.58. The summed E-state index contributed by atoms with van der Waals surface area (Å²) in [7, 11) is 0. The Morgan fingerprint density at radius 2 is 2.38 bits per heavy atom. The van der Waals surface area contributed by atoms with E-state index in [1.165, 1.54) is 21.9 Å². The smallest absolute Gasteiger partial charge is 0.271 e. The number of thiazole rings is 1. The highest BCUT2D eigenvalue weighted by atomic mass is 32.1. The lowest BCUT2D eigenvalue weighted by Gasteiger charge is -2.48. The van der Waals surface area contributed by atoms with E-state index in [4.69, 9.17) is 0 Å². The second-order valence-electron chi connectivity index (χ2n) is 6.71. The number of carbonyl (C=O) groups is 1. The quantitative estimate of drug-likeness (QED) is 0.776. The highest BCUT2D eigenvalue weighted by Crippen LogP contribution is 2.36. The zero-order valence-corrected chi connectivity index (χ0v) is 14.1. The van der Waals surface area contributed by atoms with Gasteiger partial charge in [-0.3, -0.25) is 14.0 Å².